The third-order valence-electron chi connectivity index (χ3n) is 5.90. The molecule has 2 aromatic rings. The first-order chi connectivity index (χ1) is 18.6. The van der Waals surface area contributed by atoms with Crippen LogP contribution in [0.1, 0.15) is 18.5 Å². The van der Waals surface area contributed by atoms with Crippen molar-refractivity contribution in [3.05, 3.63) is 70.0 Å². The van der Waals surface area contributed by atoms with Gasteiger partial charge in [0, 0.05) is 25.3 Å². The molecule has 1 aromatic heterocycles. The number of benzene rings is 1. The van der Waals surface area contributed by atoms with Crippen molar-refractivity contribution in [2.45, 2.75) is 24.4 Å². The second-order valence-corrected chi connectivity index (χ2v) is 9.69. The number of carboxylic acid groups (broad SMARTS) is 1. The second-order valence-electron chi connectivity index (χ2n) is 8.58. The summed E-state index contributed by atoms with van der Waals surface area (Å²) in [4.78, 5) is 79.0. The number of urea groups is 1. The predicted octanol–water partition coefficient (Wildman–Crippen LogP) is -4.39. The quantitative estimate of drug-likeness (QED) is 0.157. The second kappa shape index (κ2) is 13.1. The van der Waals surface area contributed by atoms with Gasteiger partial charge in [-0.25, -0.2) is 9.78 Å². The normalized spacial score (nSPS) is 18.4. The number of amides is 4. The molecule has 40 heavy (non-hydrogen) atoms. The third kappa shape index (κ3) is 6.55. The molecule has 1 aromatic carbocycles. The number of aryl methyl sites for hydroxylation is 1. The fraction of sp³-hybridized carbons (Fsp3) is 0.292. The van der Waals surface area contributed by atoms with E-state index in [1.54, 1.807) is 30.3 Å². The molecule has 2 aliphatic heterocycles. The number of anilines is 1. The fourth-order valence-corrected chi connectivity index (χ4v) is 5.36. The Bertz CT molecular complexity index is 1430. The van der Waals surface area contributed by atoms with Crippen molar-refractivity contribution in [3.8, 4) is 0 Å². The molecule has 3 heterocycles. The summed E-state index contributed by atoms with van der Waals surface area (Å²) in [6.07, 6.45) is 2.44. The molecule has 3 N–H and O–H groups in total. The number of thioether (sulfide) groups is 1. The van der Waals surface area contributed by atoms with Crippen LogP contribution in [0.5, 0.6) is 0 Å². The van der Waals surface area contributed by atoms with Crippen molar-refractivity contribution in [2.75, 3.05) is 17.7 Å². The molecular formula is C24H23N6NaO8S. The number of hydrogen-bond acceptors (Lipinski definition) is 10. The number of esters is 1. The van der Waals surface area contributed by atoms with Gasteiger partial charge in [-0.05, 0) is 5.56 Å². The number of aromatic nitrogens is 2. The zero-order valence-electron chi connectivity index (χ0n) is 21.7. The van der Waals surface area contributed by atoms with Gasteiger partial charge in [-0.1, -0.05) is 30.3 Å². The molecule has 16 heteroatoms. The van der Waals surface area contributed by atoms with Crippen LogP contribution in [0.15, 0.2) is 58.9 Å². The Hall–Kier alpha value is -3.66. The molecule has 4 rings (SSSR count). The van der Waals surface area contributed by atoms with Crippen LogP contribution in [0, 0.1) is 0 Å². The van der Waals surface area contributed by atoms with Crippen LogP contribution in [0.2, 0.25) is 0 Å². The van der Waals surface area contributed by atoms with Crippen LogP contribution in [0.4, 0.5) is 10.5 Å². The maximum Gasteiger partial charge on any atom is 1.00 e. The summed E-state index contributed by atoms with van der Waals surface area (Å²) in [5, 5.41) is 18.5. The van der Waals surface area contributed by atoms with E-state index >= 15 is 0 Å². The number of hydrogen-bond donors (Lipinski definition) is 3. The fourth-order valence-electron chi connectivity index (χ4n) is 4.03. The smallest absolute Gasteiger partial charge is 0.543 e. The van der Waals surface area contributed by atoms with Crippen molar-refractivity contribution in [3.63, 3.8) is 0 Å². The van der Waals surface area contributed by atoms with Crippen molar-refractivity contribution < 1.29 is 63.4 Å². The number of nitrogens with zero attached hydrogens (tertiary/aromatic N) is 3. The number of β-lactam (4-membered cyclic amide) rings is 1. The molecule has 2 aliphatic rings. The van der Waals surface area contributed by atoms with Crippen molar-refractivity contribution >= 4 is 47.2 Å². The first-order valence-corrected chi connectivity index (χ1v) is 12.6. The van der Waals surface area contributed by atoms with Gasteiger partial charge in [0.1, 0.15) is 29.8 Å². The zero-order chi connectivity index (χ0) is 28.3. The number of fused-ring (bicyclic) bond motifs is 1. The molecule has 3 atom stereocenters. The summed E-state index contributed by atoms with van der Waals surface area (Å²) in [6, 6.07) is 4.99. The molecule has 4 amide bonds. The number of carbonyl (C=O) groups excluding carboxylic acids is 5. The van der Waals surface area contributed by atoms with Gasteiger partial charge in [0.2, 0.25) is 5.91 Å². The Labute approximate surface area is 253 Å². The third-order valence-corrected chi connectivity index (χ3v) is 7.24. The van der Waals surface area contributed by atoms with Crippen LogP contribution in [-0.4, -0.2) is 68.0 Å². The summed E-state index contributed by atoms with van der Waals surface area (Å²) >= 11 is 1.18. The van der Waals surface area contributed by atoms with E-state index in [0.29, 0.717) is 5.56 Å². The van der Waals surface area contributed by atoms with Gasteiger partial charge >= 0.3 is 41.6 Å². The van der Waals surface area contributed by atoms with E-state index in [2.05, 4.69) is 20.9 Å². The molecule has 0 radical (unpaired) electrons. The Morgan fingerprint density at radius 2 is 1.90 bits per heavy atom. The Morgan fingerprint density at radius 3 is 2.55 bits per heavy atom. The van der Waals surface area contributed by atoms with E-state index in [-0.39, 0.29) is 53.2 Å². The van der Waals surface area contributed by atoms with Gasteiger partial charge in [-0.3, -0.25) is 24.1 Å². The molecule has 0 saturated carbocycles. The summed E-state index contributed by atoms with van der Waals surface area (Å²) in [5.41, 5.74) is -0.431. The molecule has 0 spiro atoms. The van der Waals surface area contributed by atoms with Crippen molar-refractivity contribution in [2.24, 2.45) is 7.05 Å². The molecule has 204 valence electrons. The van der Waals surface area contributed by atoms with E-state index < -0.39 is 58.5 Å². The van der Waals surface area contributed by atoms with Gasteiger partial charge < -0.3 is 35.2 Å². The number of carboxylic acids is 1. The first-order valence-electron chi connectivity index (χ1n) is 11.5. The first kappa shape index (κ1) is 30.9. The topological polar surface area (TPSA) is 192 Å². The van der Waals surface area contributed by atoms with Gasteiger partial charge in [0.05, 0.1) is 24.2 Å². The predicted molar refractivity (Wildman–Crippen MR) is 135 cm³/mol. The van der Waals surface area contributed by atoms with Crippen LogP contribution in [0.25, 0.3) is 0 Å². The van der Waals surface area contributed by atoms with Crippen LogP contribution < -0.4 is 56.2 Å². The number of ether oxygens (including phenoxy) is 1. The van der Waals surface area contributed by atoms with E-state index in [0.717, 1.165) is 4.90 Å². The average molecular weight is 579 g/mol. The Kier molecular flexibility index (Phi) is 10.1. The van der Waals surface area contributed by atoms with Gasteiger partial charge in [0.25, 0.3) is 11.5 Å². The monoisotopic (exact) mass is 578 g/mol. The molecule has 1 fully saturated rings. The minimum Gasteiger partial charge on any atom is -0.543 e. The van der Waals surface area contributed by atoms with Crippen LogP contribution in [-0.2, 0) is 31.0 Å². The number of carbonyl (C=O) groups is 5. The van der Waals surface area contributed by atoms with Crippen molar-refractivity contribution in [1.82, 2.24) is 25.1 Å². The Morgan fingerprint density at radius 1 is 1.20 bits per heavy atom. The van der Waals surface area contributed by atoms with E-state index in [1.807, 2.05) is 0 Å². The number of aliphatic carboxylic acids is 1. The van der Waals surface area contributed by atoms with E-state index in [9.17, 15) is 33.9 Å². The minimum absolute atomic E-state index is 0. The molecule has 14 nitrogen and oxygen atoms in total. The minimum atomic E-state index is -1.61. The van der Waals surface area contributed by atoms with Crippen molar-refractivity contribution in [1.29, 1.82) is 0 Å². The van der Waals surface area contributed by atoms with Gasteiger partial charge in [-0.15, -0.1) is 11.8 Å². The van der Waals surface area contributed by atoms with E-state index in [1.165, 1.54) is 42.8 Å². The van der Waals surface area contributed by atoms with Crippen LogP contribution in [0.3, 0.4) is 0 Å². The molecule has 0 bridgehead atoms. The zero-order valence-corrected chi connectivity index (χ0v) is 24.5. The standard InChI is InChI=1S/C24H24N6O8S.Na/c1-12(31)38-9-14-10-39-22-17(21(34)30(22)18(14)23(35)36)27-19(32)16(13-6-4-3-5-7-13)28-24(37)26-15-8-25-11-29(2)20(15)33;/h3-8,11,16-17,22H,9-10H2,1-2H3,(H,27,32)(H,35,36)(H2,26,28,37);/q;+1/p-1/t16?,17?,22-;/m0./s1. The summed E-state index contributed by atoms with van der Waals surface area (Å²) < 4.78 is 6.06. The largest absolute Gasteiger partial charge is 1.00 e. The summed E-state index contributed by atoms with van der Waals surface area (Å²) in [5.74, 6) is -3.53. The number of rotatable bonds is 8. The average Bonchev–Trinajstić information content (AvgIpc) is 2.91. The summed E-state index contributed by atoms with van der Waals surface area (Å²) in [6.45, 7) is 0.862. The Balaban J connectivity index is 0.00000441. The van der Waals surface area contributed by atoms with E-state index in [4.69, 9.17) is 4.74 Å². The maximum atomic E-state index is 13.3. The molecule has 0 aliphatic carbocycles. The summed E-state index contributed by atoms with van der Waals surface area (Å²) in [7, 11) is 1.46. The SMILES string of the molecule is CC(=O)OCC1=C(C(=O)[O-])N2C(=O)C(NC(=O)C(NC(=O)Nc3cncn(C)c3=O)c3ccccc3)[C@@H]2SC1.[Na+]. The number of nitrogens with one attached hydrogen (secondary N) is 3. The maximum absolute atomic E-state index is 13.3. The molecule has 1 saturated heterocycles. The van der Waals surface area contributed by atoms with Crippen LogP contribution >= 0.6 is 11.8 Å². The molecule has 2 unspecified atom stereocenters. The van der Waals surface area contributed by atoms with Gasteiger partial charge in [-0.2, -0.15) is 0 Å². The van der Waals surface area contributed by atoms with Gasteiger partial charge in [0.15, 0.2) is 0 Å². The molecular weight excluding hydrogens is 555 g/mol.